The van der Waals surface area contributed by atoms with Crippen LogP contribution < -0.4 is 5.32 Å². The third kappa shape index (κ3) is 4.94. The van der Waals surface area contributed by atoms with E-state index in [-0.39, 0.29) is 11.8 Å². The highest BCUT2D eigenvalue weighted by molar-refractivity contribution is 8.01. The van der Waals surface area contributed by atoms with Crippen molar-refractivity contribution in [1.29, 1.82) is 0 Å². The number of hydrogen-bond acceptors (Lipinski definition) is 5. The quantitative estimate of drug-likeness (QED) is 0.612. The molecule has 0 fully saturated rings. The lowest BCUT2D eigenvalue weighted by molar-refractivity contribution is -0.119. The van der Waals surface area contributed by atoms with Gasteiger partial charge in [0.25, 0.3) is 0 Å². The maximum absolute atomic E-state index is 11.8. The summed E-state index contributed by atoms with van der Waals surface area (Å²) in [6.07, 6.45) is 3.01. The fourth-order valence-corrected chi connectivity index (χ4v) is 3.36. The van der Waals surface area contributed by atoms with Crippen LogP contribution in [-0.4, -0.2) is 21.4 Å². The second-order valence-corrected chi connectivity index (χ2v) is 7.05. The number of anilines is 1. The van der Waals surface area contributed by atoms with E-state index in [9.17, 15) is 4.79 Å². The molecule has 0 aliphatic heterocycles. The average molecular weight is 287 g/mol. The van der Waals surface area contributed by atoms with Crippen molar-refractivity contribution < 1.29 is 4.79 Å². The summed E-state index contributed by atoms with van der Waals surface area (Å²) >= 11 is 3.15. The van der Waals surface area contributed by atoms with Gasteiger partial charge in [-0.15, -0.1) is 10.2 Å². The van der Waals surface area contributed by atoms with Crippen molar-refractivity contribution in [2.75, 3.05) is 5.32 Å². The van der Waals surface area contributed by atoms with Gasteiger partial charge in [0.15, 0.2) is 4.34 Å². The van der Waals surface area contributed by atoms with Crippen molar-refractivity contribution in [3.8, 4) is 0 Å². The summed E-state index contributed by atoms with van der Waals surface area (Å²) in [6, 6.07) is 0. The number of amides is 1. The highest BCUT2D eigenvalue weighted by Gasteiger charge is 2.15. The van der Waals surface area contributed by atoms with Crippen LogP contribution in [0.3, 0.4) is 0 Å². The smallest absolute Gasteiger partial charge is 0.229 e. The van der Waals surface area contributed by atoms with Crippen LogP contribution in [0.2, 0.25) is 0 Å². The van der Waals surface area contributed by atoms with Gasteiger partial charge in [-0.3, -0.25) is 4.79 Å². The number of hydrogen-bond donors (Lipinski definition) is 1. The minimum absolute atomic E-state index is 0.0320. The van der Waals surface area contributed by atoms with E-state index >= 15 is 0 Å². The van der Waals surface area contributed by atoms with Gasteiger partial charge in [0.05, 0.1) is 0 Å². The molecule has 6 heteroatoms. The maximum atomic E-state index is 11.8. The first-order valence-electron chi connectivity index (χ1n) is 6.37. The van der Waals surface area contributed by atoms with Crippen LogP contribution >= 0.6 is 23.1 Å². The molecule has 2 unspecified atom stereocenters. The molecule has 1 aromatic rings. The van der Waals surface area contributed by atoms with Gasteiger partial charge in [-0.2, -0.15) is 0 Å². The molecule has 0 saturated heterocycles. The van der Waals surface area contributed by atoms with Crippen molar-refractivity contribution in [2.24, 2.45) is 5.92 Å². The number of thioether (sulfide) groups is 1. The Morgan fingerprint density at radius 2 is 2.11 bits per heavy atom. The molecule has 0 saturated carbocycles. The Balaban J connectivity index is 2.50. The van der Waals surface area contributed by atoms with Crippen molar-refractivity contribution in [3.63, 3.8) is 0 Å². The molecule has 1 aromatic heterocycles. The monoisotopic (exact) mass is 287 g/mol. The summed E-state index contributed by atoms with van der Waals surface area (Å²) in [7, 11) is 0. The van der Waals surface area contributed by atoms with Gasteiger partial charge in [0.2, 0.25) is 11.0 Å². The Morgan fingerprint density at radius 3 is 2.72 bits per heavy atom. The van der Waals surface area contributed by atoms with Crippen LogP contribution in [0.5, 0.6) is 0 Å². The third-order valence-electron chi connectivity index (χ3n) is 2.68. The molecule has 18 heavy (non-hydrogen) atoms. The summed E-state index contributed by atoms with van der Waals surface area (Å²) < 4.78 is 0.919. The van der Waals surface area contributed by atoms with Gasteiger partial charge >= 0.3 is 0 Å². The number of aromatic nitrogens is 2. The Bertz CT molecular complexity index is 381. The van der Waals surface area contributed by atoms with E-state index in [1.165, 1.54) is 11.3 Å². The molecule has 1 rings (SSSR count). The molecular formula is C12H21N3OS2. The van der Waals surface area contributed by atoms with Crippen LogP contribution in [0.1, 0.15) is 47.0 Å². The molecule has 0 bridgehead atoms. The average Bonchev–Trinajstić information content (AvgIpc) is 2.76. The molecule has 102 valence electrons. The number of rotatable bonds is 7. The predicted octanol–water partition coefficient (Wildman–Crippen LogP) is 3.80. The zero-order chi connectivity index (χ0) is 13.5. The Kier molecular flexibility index (Phi) is 6.63. The van der Waals surface area contributed by atoms with E-state index in [2.05, 4.69) is 36.3 Å². The number of nitrogens with one attached hydrogen (secondary N) is 1. The van der Waals surface area contributed by atoms with E-state index in [1.807, 2.05) is 6.92 Å². The lowest BCUT2D eigenvalue weighted by Crippen LogP contribution is -2.20. The van der Waals surface area contributed by atoms with Gasteiger partial charge in [-0.1, -0.05) is 57.2 Å². The fraction of sp³-hybridized carbons (Fsp3) is 0.750. The van der Waals surface area contributed by atoms with Gasteiger partial charge in [0.1, 0.15) is 0 Å². The van der Waals surface area contributed by atoms with Crippen LogP contribution in [0, 0.1) is 5.92 Å². The van der Waals surface area contributed by atoms with Crippen LogP contribution in [-0.2, 0) is 4.79 Å². The van der Waals surface area contributed by atoms with E-state index in [0.29, 0.717) is 10.4 Å². The van der Waals surface area contributed by atoms with Crippen molar-refractivity contribution in [3.05, 3.63) is 0 Å². The molecule has 2 atom stereocenters. The lowest BCUT2D eigenvalue weighted by atomic mass is 10.1. The summed E-state index contributed by atoms with van der Waals surface area (Å²) in [5.74, 6) is 0.0673. The highest BCUT2D eigenvalue weighted by Crippen LogP contribution is 2.30. The zero-order valence-corrected chi connectivity index (χ0v) is 13.0. The largest absolute Gasteiger partial charge is 0.300 e. The van der Waals surface area contributed by atoms with Crippen molar-refractivity contribution in [1.82, 2.24) is 10.2 Å². The van der Waals surface area contributed by atoms with Crippen molar-refractivity contribution in [2.45, 2.75) is 56.5 Å². The number of carbonyl (C=O) groups excluding carboxylic acids is 1. The molecule has 4 nitrogen and oxygen atoms in total. The van der Waals surface area contributed by atoms with Gasteiger partial charge < -0.3 is 5.32 Å². The summed E-state index contributed by atoms with van der Waals surface area (Å²) in [6.45, 7) is 8.33. The van der Waals surface area contributed by atoms with Gasteiger partial charge in [-0.25, -0.2) is 0 Å². The van der Waals surface area contributed by atoms with Crippen molar-refractivity contribution >= 4 is 34.1 Å². The Morgan fingerprint density at radius 1 is 1.39 bits per heavy atom. The minimum Gasteiger partial charge on any atom is -0.300 e. The second kappa shape index (κ2) is 7.74. The van der Waals surface area contributed by atoms with E-state index in [4.69, 9.17) is 0 Å². The fourth-order valence-electron chi connectivity index (χ4n) is 1.36. The molecule has 0 radical (unpaired) electrons. The number of nitrogens with zero attached hydrogens (tertiary/aromatic N) is 2. The first-order chi connectivity index (χ1) is 8.56. The lowest BCUT2D eigenvalue weighted by Gasteiger charge is -2.08. The third-order valence-corrected chi connectivity index (χ3v) is 4.87. The van der Waals surface area contributed by atoms with E-state index in [0.717, 1.165) is 23.6 Å². The zero-order valence-electron chi connectivity index (χ0n) is 11.4. The molecule has 0 aliphatic rings. The normalized spacial score (nSPS) is 14.2. The molecule has 0 aromatic carbocycles. The summed E-state index contributed by atoms with van der Waals surface area (Å²) in [5, 5.41) is 12.0. The maximum Gasteiger partial charge on any atom is 0.229 e. The predicted molar refractivity (Wildman–Crippen MR) is 78.2 cm³/mol. The summed E-state index contributed by atoms with van der Waals surface area (Å²) in [4.78, 5) is 11.8. The van der Waals surface area contributed by atoms with Gasteiger partial charge in [-0.05, 0) is 12.8 Å². The highest BCUT2D eigenvalue weighted by atomic mass is 32.2. The van der Waals surface area contributed by atoms with Crippen LogP contribution in [0.4, 0.5) is 5.13 Å². The molecular weight excluding hydrogens is 266 g/mol. The first-order valence-corrected chi connectivity index (χ1v) is 8.07. The van der Waals surface area contributed by atoms with E-state index in [1.54, 1.807) is 11.8 Å². The van der Waals surface area contributed by atoms with Crippen LogP contribution in [0.15, 0.2) is 4.34 Å². The topological polar surface area (TPSA) is 54.9 Å². The second-order valence-electron chi connectivity index (χ2n) is 4.39. The Hall–Kier alpha value is -0.620. The van der Waals surface area contributed by atoms with Crippen LogP contribution in [0.25, 0.3) is 0 Å². The number of carbonyl (C=O) groups is 1. The molecule has 0 spiro atoms. The SMILES string of the molecule is CCCC(C)C(=O)Nc1nnc(SC(C)CC)s1. The molecule has 1 amide bonds. The molecule has 1 heterocycles. The Labute approximate surface area is 117 Å². The molecule has 1 N–H and O–H groups in total. The standard InChI is InChI=1S/C12H21N3OS2/c1-5-7-8(3)10(16)13-11-14-15-12(18-11)17-9(4)6-2/h8-9H,5-7H2,1-4H3,(H,13,14,16). The summed E-state index contributed by atoms with van der Waals surface area (Å²) in [5.41, 5.74) is 0. The first kappa shape index (κ1) is 15.4. The minimum atomic E-state index is 0.0320. The molecule has 0 aliphatic carbocycles. The van der Waals surface area contributed by atoms with E-state index < -0.39 is 0 Å². The van der Waals surface area contributed by atoms with Gasteiger partial charge in [0, 0.05) is 11.2 Å².